The summed E-state index contributed by atoms with van der Waals surface area (Å²) in [4.78, 5) is 0. The number of H-pyrrole nitrogens is 1. The van der Waals surface area contributed by atoms with Gasteiger partial charge in [-0.1, -0.05) is 12.2 Å². The minimum absolute atomic E-state index is 0.559. The van der Waals surface area contributed by atoms with Crippen molar-refractivity contribution in [2.24, 2.45) is 0 Å². The van der Waals surface area contributed by atoms with Gasteiger partial charge < -0.3 is 0 Å². The average molecular weight is 269 g/mol. The van der Waals surface area contributed by atoms with Crippen molar-refractivity contribution < 1.29 is 0 Å². The second-order valence-corrected chi connectivity index (χ2v) is 3.76. The van der Waals surface area contributed by atoms with E-state index >= 15 is 0 Å². The van der Waals surface area contributed by atoms with Crippen LogP contribution in [0, 0.1) is 4.64 Å². The molecule has 6 heteroatoms. The van der Waals surface area contributed by atoms with E-state index in [0.29, 0.717) is 9.24 Å². The van der Waals surface area contributed by atoms with E-state index in [-0.39, 0.29) is 0 Å². The number of nitrogens with one attached hydrogen (secondary N) is 1. The smallest absolute Gasteiger partial charge is 0.129 e. The van der Waals surface area contributed by atoms with Gasteiger partial charge in [0.05, 0.1) is 5.69 Å². The van der Waals surface area contributed by atoms with Gasteiger partial charge in [0, 0.05) is 11.8 Å². The van der Waals surface area contributed by atoms with Gasteiger partial charge >= 0.3 is 0 Å². The van der Waals surface area contributed by atoms with Crippen molar-refractivity contribution >= 4 is 28.1 Å². The summed E-state index contributed by atoms with van der Waals surface area (Å²) < 4.78 is 1.26. The Morgan fingerprint density at radius 1 is 1.21 bits per heavy atom. The molecule has 0 amide bonds. The molecule has 2 rings (SSSR count). The SMILES string of the molecule is S=c1[nH]nccc1-c1ccc(Br)nn1. The number of rotatable bonds is 1. The lowest BCUT2D eigenvalue weighted by Gasteiger charge is -1.98. The number of nitrogens with zero attached hydrogens (tertiary/aromatic N) is 3. The molecule has 2 aromatic heterocycles. The number of halogens is 1. The normalized spacial score (nSPS) is 10.1. The second kappa shape index (κ2) is 3.93. The van der Waals surface area contributed by atoms with Crippen molar-refractivity contribution in [3.05, 3.63) is 33.6 Å². The van der Waals surface area contributed by atoms with Crippen molar-refractivity contribution in [2.75, 3.05) is 0 Å². The highest BCUT2D eigenvalue weighted by Crippen LogP contribution is 2.16. The van der Waals surface area contributed by atoms with Gasteiger partial charge in [-0.25, -0.2) is 0 Å². The van der Waals surface area contributed by atoms with Crippen LogP contribution in [-0.4, -0.2) is 20.4 Å². The van der Waals surface area contributed by atoms with E-state index in [0.717, 1.165) is 11.3 Å². The molecule has 0 atom stereocenters. The predicted octanol–water partition coefficient (Wildman–Crippen LogP) is 2.36. The Morgan fingerprint density at radius 3 is 2.71 bits per heavy atom. The number of aromatic amines is 1. The van der Waals surface area contributed by atoms with E-state index < -0.39 is 0 Å². The van der Waals surface area contributed by atoms with E-state index in [1.807, 2.05) is 12.1 Å². The fourth-order valence-corrected chi connectivity index (χ4v) is 1.44. The fourth-order valence-electron chi connectivity index (χ4n) is 1.00. The largest absolute Gasteiger partial charge is 0.267 e. The van der Waals surface area contributed by atoms with E-state index in [1.54, 1.807) is 12.3 Å². The standard InChI is InChI=1S/C8H5BrN4S/c9-7-2-1-6(11-12-7)5-3-4-10-13-8(5)14/h1-4H,(H,13,14). The Morgan fingerprint density at radius 2 is 2.07 bits per heavy atom. The molecule has 0 aliphatic rings. The van der Waals surface area contributed by atoms with Gasteiger partial charge in [0.1, 0.15) is 9.24 Å². The monoisotopic (exact) mass is 268 g/mol. The highest BCUT2D eigenvalue weighted by Gasteiger charge is 2.01. The Bertz CT molecular complexity index is 493. The minimum atomic E-state index is 0.559. The van der Waals surface area contributed by atoms with Crippen LogP contribution in [0.15, 0.2) is 29.0 Å². The van der Waals surface area contributed by atoms with Crippen molar-refractivity contribution in [1.82, 2.24) is 20.4 Å². The lowest BCUT2D eigenvalue weighted by Crippen LogP contribution is -1.90. The second-order valence-electron chi connectivity index (χ2n) is 2.54. The Labute approximate surface area is 93.5 Å². The molecule has 0 aromatic carbocycles. The first-order chi connectivity index (χ1) is 6.77. The maximum atomic E-state index is 5.07. The summed E-state index contributed by atoms with van der Waals surface area (Å²) in [6, 6.07) is 5.46. The van der Waals surface area contributed by atoms with Crippen molar-refractivity contribution in [1.29, 1.82) is 0 Å². The Balaban J connectivity index is 2.56. The molecule has 0 fully saturated rings. The van der Waals surface area contributed by atoms with Crippen LogP contribution in [0.4, 0.5) is 0 Å². The summed E-state index contributed by atoms with van der Waals surface area (Å²) in [6.07, 6.45) is 1.63. The molecule has 0 spiro atoms. The van der Waals surface area contributed by atoms with Gasteiger partial charge in [-0.15, -0.1) is 10.2 Å². The van der Waals surface area contributed by atoms with E-state index in [1.165, 1.54) is 0 Å². The molecule has 0 aliphatic heterocycles. The van der Waals surface area contributed by atoms with Crippen LogP contribution < -0.4 is 0 Å². The van der Waals surface area contributed by atoms with E-state index in [9.17, 15) is 0 Å². The molecule has 0 radical (unpaired) electrons. The third-order valence-corrected chi connectivity index (χ3v) is 2.37. The third-order valence-electron chi connectivity index (χ3n) is 1.63. The van der Waals surface area contributed by atoms with Crippen LogP contribution in [0.1, 0.15) is 0 Å². The van der Waals surface area contributed by atoms with Crippen molar-refractivity contribution in [3.63, 3.8) is 0 Å². The molecular weight excluding hydrogens is 264 g/mol. The molecule has 2 heterocycles. The zero-order valence-electron chi connectivity index (χ0n) is 6.94. The van der Waals surface area contributed by atoms with Crippen molar-refractivity contribution in [3.8, 4) is 11.3 Å². The Hall–Kier alpha value is -1.14. The first-order valence-corrected chi connectivity index (χ1v) is 5.01. The van der Waals surface area contributed by atoms with E-state index in [4.69, 9.17) is 12.2 Å². The molecule has 0 unspecified atom stereocenters. The maximum absolute atomic E-state index is 5.07. The fraction of sp³-hybridized carbons (Fsp3) is 0. The Kier molecular flexibility index (Phi) is 2.64. The molecule has 0 bridgehead atoms. The molecule has 0 saturated heterocycles. The molecule has 14 heavy (non-hydrogen) atoms. The van der Waals surface area contributed by atoms with Crippen LogP contribution in [0.2, 0.25) is 0 Å². The summed E-state index contributed by atoms with van der Waals surface area (Å²) >= 11 is 8.29. The van der Waals surface area contributed by atoms with Crippen LogP contribution in [0.5, 0.6) is 0 Å². The van der Waals surface area contributed by atoms with Gasteiger partial charge in [0.15, 0.2) is 0 Å². The highest BCUT2D eigenvalue weighted by atomic mass is 79.9. The van der Waals surface area contributed by atoms with Gasteiger partial charge in [-0.05, 0) is 34.1 Å². The molecule has 0 aliphatic carbocycles. The molecule has 4 nitrogen and oxygen atoms in total. The zero-order valence-corrected chi connectivity index (χ0v) is 9.34. The van der Waals surface area contributed by atoms with Crippen LogP contribution in [0.3, 0.4) is 0 Å². The average Bonchev–Trinajstić information content (AvgIpc) is 2.20. The van der Waals surface area contributed by atoms with Crippen LogP contribution >= 0.6 is 28.1 Å². The summed E-state index contributed by atoms with van der Waals surface area (Å²) in [5.74, 6) is 0. The lowest BCUT2D eigenvalue weighted by molar-refractivity contribution is 0.987. The van der Waals surface area contributed by atoms with Gasteiger partial charge in [-0.3, -0.25) is 5.10 Å². The molecular formula is C8H5BrN4S. The maximum Gasteiger partial charge on any atom is 0.129 e. The highest BCUT2D eigenvalue weighted by molar-refractivity contribution is 9.10. The third kappa shape index (κ3) is 1.85. The van der Waals surface area contributed by atoms with E-state index in [2.05, 4.69) is 36.3 Å². The van der Waals surface area contributed by atoms with Gasteiger partial charge in [-0.2, -0.15) is 5.10 Å². The van der Waals surface area contributed by atoms with Crippen LogP contribution in [-0.2, 0) is 0 Å². The molecule has 2 aromatic rings. The van der Waals surface area contributed by atoms with Gasteiger partial charge in [0.25, 0.3) is 0 Å². The number of hydrogen-bond donors (Lipinski definition) is 1. The predicted molar refractivity (Wildman–Crippen MR) is 58.1 cm³/mol. The number of aromatic nitrogens is 4. The number of hydrogen-bond acceptors (Lipinski definition) is 4. The van der Waals surface area contributed by atoms with Crippen LogP contribution in [0.25, 0.3) is 11.3 Å². The minimum Gasteiger partial charge on any atom is -0.267 e. The summed E-state index contributed by atoms with van der Waals surface area (Å²) in [5.41, 5.74) is 1.56. The summed E-state index contributed by atoms with van der Waals surface area (Å²) in [5, 5.41) is 14.4. The summed E-state index contributed by atoms with van der Waals surface area (Å²) in [6.45, 7) is 0. The quantitative estimate of drug-likeness (QED) is 0.807. The zero-order chi connectivity index (χ0) is 9.97. The molecule has 0 saturated carbocycles. The summed E-state index contributed by atoms with van der Waals surface area (Å²) in [7, 11) is 0. The van der Waals surface area contributed by atoms with Crippen molar-refractivity contribution in [2.45, 2.75) is 0 Å². The lowest BCUT2D eigenvalue weighted by atomic mass is 10.2. The first kappa shape index (κ1) is 9.42. The molecule has 1 N–H and O–H groups in total. The molecule has 70 valence electrons. The van der Waals surface area contributed by atoms with Gasteiger partial charge in [0.2, 0.25) is 0 Å². The topological polar surface area (TPSA) is 54.5 Å². The first-order valence-electron chi connectivity index (χ1n) is 3.80.